The molecule has 0 bridgehead atoms. The molecule has 29 heavy (non-hydrogen) atoms. The molecule has 0 saturated heterocycles. The number of aryl methyl sites for hydroxylation is 1. The molecule has 1 aromatic carbocycles. The summed E-state index contributed by atoms with van der Waals surface area (Å²) in [5, 5.41) is 9.30. The molecule has 0 aliphatic heterocycles. The van der Waals surface area contributed by atoms with Crippen LogP contribution in [-0.2, 0) is 6.54 Å². The first kappa shape index (κ1) is 20.2. The molecule has 0 fully saturated rings. The number of aromatic nitrogens is 4. The van der Waals surface area contributed by atoms with E-state index >= 15 is 0 Å². The lowest BCUT2D eigenvalue weighted by atomic mass is 10.2. The number of hydrogen-bond donors (Lipinski definition) is 2. The van der Waals surface area contributed by atoms with E-state index in [1.165, 1.54) is 12.1 Å². The number of urea groups is 1. The second-order valence-electron chi connectivity index (χ2n) is 6.71. The average Bonchev–Trinajstić information content (AvgIpc) is 3.16. The molecule has 0 aliphatic carbocycles. The number of amides is 2. The van der Waals surface area contributed by atoms with E-state index in [1.54, 1.807) is 30.0 Å². The van der Waals surface area contributed by atoms with Crippen LogP contribution in [0.4, 0.5) is 15.1 Å². The Labute approximate surface area is 167 Å². The molecule has 2 aromatic heterocycles. The van der Waals surface area contributed by atoms with Crippen LogP contribution in [0.3, 0.4) is 0 Å². The van der Waals surface area contributed by atoms with Crippen molar-refractivity contribution in [2.45, 2.75) is 26.4 Å². The first-order valence-electron chi connectivity index (χ1n) is 8.97. The Morgan fingerprint density at radius 3 is 2.76 bits per heavy atom. The van der Waals surface area contributed by atoms with Crippen molar-refractivity contribution in [3.05, 3.63) is 53.4 Å². The Balaban J connectivity index is 1.59. The summed E-state index contributed by atoms with van der Waals surface area (Å²) in [7, 11) is 3.70. The normalized spacial score (nSPS) is 11.8. The molecule has 0 spiro atoms. The maximum atomic E-state index is 13.3. The van der Waals surface area contributed by atoms with Crippen LogP contribution in [-0.4, -0.2) is 40.2 Å². The number of nitrogens with zero attached hydrogens (tertiary/aromatic N) is 5. The summed E-state index contributed by atoms with van der Waals surface area (Å²) >= 11 is 0. The summed E-state index contributed by atoms with van der Waals surface area (Å²) in [6.45, 7) is 3.81. The van der Waals surface area contributed by atoms with Gasteiger partial charge in [0.2, 0.25) is 17.7 Å². The van der Waals surface area contributed by atoms with Gasteiger partial charge in [0.15, 0.2) is 0 Å². The minimum Gasteiger partial charge on any atom is -0.347 e. The lowest BCUT2D eigenvalue weighted by molar-refractivity contribution is 0.233. The minimum atomic E-state index is -0.533. The molecule has 3 rings (SSSR count). The molecular formula is C19H22FN7O2. The zero-order valence-electron chi connectivity index (χ0n) is 16.6. The number of halogens is 1. The Morgan fingerprint density at radius 1 is 1.24 bits per heavy atom. The van der Waals surface area contributed by atoms with Gasteiger partial charge in [-0.2, -0.15) is 4.98 Å². The van der Waals surface area contributed by atoms with Crippen LogP contribution < -0.4 is 15.5 Å². The van der Waals surface area contributed by atoms with Crippen molar-refractivity contribution in [3.63, 3.8) is 0 Å². The second kappa shape index (κ2) is 8.63. The summed E-state index contributed by atoms with van der Waals surface area (Å²) in [4.78, 5) is 26.9. The Bertz CT molecular complexity index is 1010. The van der Waals surface area contributed by atoms with Crippen molar-refractivity contribution in [2.75, 3.05) is 19.0 Å². The third-order valence-electron chi connectivity index (χ3n) is 3.97. The smallest absolute Gasteiger partial charge is 0.315 e. The second-order valence-corrected chi connectivity index (χ2v) is 6.71. The van der Waals surface area contributed by atoms with Gasteiger partial charge in [-0.3, -0.25) is 0 Å². The molecule has 0 aliphatic rings. The van der Waals surface area contributed by atoms with Crippen LogP contribution in [0.5, 0.6) is 0 Å². The van der Waals surface area contributed by atoms with Gasteiger partial charge in [-0.05, 0) is 32.0 Å². The molecule has 2 amide bonds. The topological polar surface area (TPSA) is 109 Å². The van der Waals surface area contributed by atoms with Crippen LogP contribution in [0.2, 0.25) is 0 Å². The predicted octanol–water partition coefficient (Wildman–Crippen LogP) is 2.60. The Kier molecular flexibility index (Phi) is 6.01. The van der Waals surface area contributed by atoms with Crippen molar-refractivity contribution in [2.24, 2.45) is 0 Å². The lowest BCUT2D eigenvalue weighted by Crippen LogP contribution is -2.37. The molecule has 0 radical (unpaired) electrons. The van der Waals surface area contributed by atoms with Crippen molar-refractivity contribution in [1.29, 1.82) is 0 Å². The number of benzene rings is 1. The van der Waals surface area contributed by atoms with E-state index < -0.39 is 17.9 Å². The Hall–Kier alpha value is -3.56. The van der Waals surface area contributed by atoms with Gasteiger partial charge >= 0.3 is 6.03 Å². The predicted molar refractivity (Wildman–Crippen MR) is 105 cm³/mol. The summed E-state index contributed by atoms with van der Waals surface area (Å²) in [5.41, 5.74) is 1.99. The maximum Gasteiger partial charge on any atom is 0.315 e. The number of carbonyl (C=O) groups excluding carboxylic acids is 1. The number of anilines is 1. The number of rotatable bonds is 6. The third-order valence-corrected chi connectivity index (χ3v) is 3.97. The fraction of sp³-hybridized carbons (Fsp3) is 0.316. The molecule has 1 atom stereocenters. The highest BCUT2D eigenvalue weighted by Gasteiger charge is 2.17. The van der Waals surface area contributed by atoms with Crippen molar-refractivity contribution in [3.8, 4) is 11.4 Å². The molecule has 0 saturated carbocycles. The van der Waals surface area contributed by atoms with Crippen LogP contribution in [0.1, 0.15) is 30.2 Å². The van der Waals surface area contributed by atoms with Gasteiger partial charge in [-0.15, -0.1) is 0 Å². The molecule has 2 heterocycles. The Morgan fingerprint density at radius 2 is 2.03 bits per heavy atom. The quantitative estimate of drug-likeness (QED) is 0.656. The lowest BCUT2D eigenvalue weighted by Gasteiger charge is -2.14. The summed E-state index contributed by atoms with van der Waals surface area (Å²) in [6.07, 6.45) is 0. The standard InChI is InChI=1S/C19H22FN7O2/c1-11-8-15(24-18(22-11)27(3)4)10-21-19(28)23-12(2)17-25-16(26-29-17)13-6-5-7-14(20)9-13/h5-9,12H,10H2,1-4H3,(H2,21,23,28). The highest BCUT2D eigenvalue weighted by Crippen LogP contribution is 2.19. The zero-order valence-corrected chi connectivity index (χ0v) is 16.6. The van der Waals surface area contributed by atoms with Crippen LogP contribution >= 0.6 is 0 Å². The molecular weight excluding hydrogens is 377 g/mol. The first-order valence-corrected chi connectivity index (χ1v) is 8.97. The van der Waals surface area contributed by atoms with E-state index in [9.17, 15) is 9.18 Å². The van der Waals surface area contributed by atoms with E-state index in [0.717, 1.165) is 5.69 Å². The van der Waals surface area contributed by atoms with Gasteiger partial charge in [0, 0.05) is 25.4 Å². The van der Waals surface area contributed by atoms with Crippen molar-refractivity contribution in [1.82, 2.24) is 30.7 Å². The first-order chi connectivity index (χ1) is 13.8. The fourth-order valence-electron chi connectivity index (χ4n) is 2.54. The molecule has 9 nitrogen and oxygen atoms in total. The average molecular weight is 399 g/mol. The molecule has 152 valence electrons. The molecule has 3 aromatic rings. The third kappa shape index (κ3) is 5.24. The van der Waals surface area contributed by atoms with Crippen LogP contribution in [0.15, 0.2) is 34.9 Å². The van der Waals surface area contributed by atoms with Crippen LogP contribution in [0, 0.1) is 12.7 Å². The summed E-state index contributed by atoms with van der Waals surface area (Å²) in [5.74, 6) is 0.650. The van der Waals surface area contributed by atoms with Gasteiger partial charge in [0.25, 0.3) is 0 Å². The van der Waals surface area contributed by atoms with Gasteiger partial charge in [0.1, 0.15) is 11.9 Å². The summed E-state index contributed by atoms with van der Waals surface area (Å²) in [6, 6.07) is 6.74. The van der Waals surface area contributed by atoms with Gasteiger partial charge in [0.05, 0.1) is 12.2 Å². The number of nitrogens with one attached hydrogen (secondary N) is 2. The molecule has 1 unspecified atom stereocenters. The van der Waals surface area contributed by atoms with Crippen molar-refractivity contribution >= 4 is 12.0 Å². The van der Waals surface area contributed by atoms with E-state index in [2.05, 4.69) is 30.7 Å². The highest BCUT2D eigenvalue weighted by molar-refractivity contribution is 5.74. The fourth-order valence-corrected chi connectivity index (χ4v) is 2.54. The van der Waals surface area contributed by atoms with E-state index in [4.69, 9.17) is 4.52 Å². The van der Waals surface area contributed by atoms with E-state index in [1.807, 2.05) is 21.0 Å². The SMILES string of the molecule is Cc1cc(CNC(=O)NC(C)c2nc(-c3cccc(F)c3)no2)nc(N(C)C)n1. The van der Waals surface area contributed by atoms with Crippen molar-refractivity contribution < 1.29 is 13.7 Å². The molecule has 2 N–H and O–H groups in total. The van der Waals surface area contributed by atoms with E-state index in [-0.39, 0.29) is 18.3 Å². The number of carbonyl (C=O) groups is 1. The van der Waals surface area contributed by atoms with E-state index in [0.29, 0.717) is 17.2 Å². The van der Waals surface area contributed by atoms with Gasteiger partial charge < -0.3 is 20.1 Å². The number of hydrogen-bond acceptors (Lipinski definition) is 7. The highest BCUT2D eigenvalue weighted by atomic mass is 19.1. The minimum absolute atomic E-state index is 0.215. The van der Waals surface area contributed by atoms with Crippen LogP contribution in [0.25, 0.3) is 11.4 Å². The maximum absolute atomic E-state index is 13.3. The summed E-state index contributed by atoms with van der Waals surface area (Å²) < 4.78 is 18.5. The van der Waals surface area contributed by atoms with Gasteiger partial charge in [-0.1, -0.05) is 17.3 Å². The zero-order chi connectivity index (χ0) is 21.0. The van der Waals surface area contributed by atoms with Gasteiger partial charge in [-0.25, -0.2) is 19.2 Å². The largest absolute Gasteiger partial charge is 0.347 e. The monoisotopic (exact) mass is 399 g/mol. The molecule has 10 heteroatoms.